The van der Waals surface area contributed by atoms with Crippen molar-refractivity contribution in [1.29, 1.82) is 0 Å². The first-order chi connectivity index (χ1) is 10.5. The number of halogens is 1. The number of aryl methyl sites for hydroxylation is 1. The number of imidazole rings is 1. The lowest BCUT2D eigenvalue weighted by molar-refractivity contribution is 0.0692. The molecule has 1 N–H and O–H groups in total. The molecule has 110 valence electrons. The van der Waals surface area contributed by atoms with Crippen LogP contribution in [0.5, 0.6) is 0 Å². The average Bonchev–Trinajstić information content (AvgIpc) is 2.83. The second-order valence-corrected chi connectivity index (χ2v) is 4.70. The molecule has 3 aromatic rings. The van der Waals surface area contributed by atoms with Gasteiger partial charge >= 0.3 is 5.97 Å². The first kappa shape index (κ1) is 13.9. The lowest BCUT2D eigenvalue weighted by atomic mass is 10.3. The molecule has 0 amide bonds. The third-order valence-electron chi connectivity index (χ3n) is 3.01. The zero-order valence-corrected chi connectivity index (χ0v) is 11.6. The number of azo groups is 1. The Morgan fingerprint density at radius 1 is 1.27 bits per heavy atom. The van der Waals surface area contributed by atoms with Crippen LogP contribution in [0.4, 0.5) is 15.9 Å². The van der Waals surface area contributed by atoms with Crippen molar-refractivity contribution >= 4 is 23.1 Å². The maximum atomic E-state index is 13.1. The zero-order chi connectivity index (χ0) is 15.7. The Bertz CT molecular complexity index is 902. The molecule has 22 heavy (non-hydrogen) atoms. The Labute approximate surface area is 124 Å². The first-order valence-corrected chi connectivity index (χ1v) is 6.44. The van der Waals surface area contributed by atoms with E-state index in [-0.39, 0.29) is 11.5 Å². The van der Waals surface area contributed by atoms with Gasteiger partial charge in [-0.2, -0.15) is 0 Å². The summed E-state index contributed by atoms with van der Waals surface area (Å²) in [6, 6.07) is 9.09. The number of pyridine rings is 1. The maximum Gasteiger partial charge on any atom is 0.358 e. The van der Waals surface area contributed by atoms with E-state index in [1.807, 2.05) is 13.0 Å². The Morgan fingerprint density at radius 3 is 2.82 bits per heavy atom. The van der Waals surface area contributed by atoms with Crippen molar-refractivity contribution < 1.29 is 14.3 Å². The van der Waals surface area contributed by atoms with Gasteiger partial charge in [-0.3, -0.25) is 4.40 Å². The van der Waals surface area contributed by atoms with Crippen molar-refractivity contribution in [1.82, 2.24) is 9.38 Å². The maximum absolute atomic E-state index is 13.1. The van der Waals surface area contributed by atoms with Crippen molar-refractivity contribution in [2.45, 2.75) is 6.92 Å². The summed E-state index contributed by atoms with van der Waals surface area (Å²) in [5, 5.41) is 17.1. The number of carboxylic acid groups (broad SMARTS) is 1. The second-order valence-electron chi connectivity index (χ2n) is 4.70. The number of hydrogen-bond donors (Lipinski definition) is 1. The Hall–Kier alpha value is -3.09. The number of nitrogens with zero attached hydrogens (tertiary/aromatic N) is 4. The Kier molecular flexibility index (Phi) is 3.38. The van der Waals surface area contributed by atoms with Gasteiger partial charge in [0.25, 0.3) is 0 Å². The normalized spacial score (nSPS) is 11.4. The summed E-state index contributed by atoms with van der Waals surface area (Å²) in [6.07, 6.45) is 1.72. The van der Waals surface area contributed by atoms with E-state index in [1.165, 1.54) is 18.2 Å². The molecule has 0 aliphatic heterocycles. The molecule has 0 unspecified atom stereocenters. The van der Waals surface area contributed by atoms with E-state index >= 15 is 0 Å². The number of benzene rings is 1. The largest absolute Gasteiger partial charge is 0.476 e. The molecule has 0 aliphatic carbocycles. The smallest absolute Gasteiger partial charge is 0.358 e. The Balaban J connectivity index is 2.14. The van der Waals surface area contributed by atoms with E-state index in [9.17, 15) is 14.3 Å². The van der Waals surface area contributed by atoms with Crippen LogP contribution in [0.2, 0.25) is 0 Å². The van der Waals surface area contributed by atoms with Crippen LogP contribution in [0.25, 0.3) is 5.65 Å². The molecule has 3 rings (SSSR count). The van der Waals surface area contributed by atoms with Crippen LogP contribution < -0.4 is 0 Å². The van der Waals surface area contributed by atoms with Gasteiger partial charge in [-0.05, 0) is 30.7 Å². The molecule has 0 fully saturated rings. The fraction of sp³-hybridized carbons (Fsp3) is 0.0667. The number of fused-ring (bicyclic) bond motifs is 1. The highest BCUT2D eigenvalue weighted by molar-refractivity contribution is 5.91. The molecule has 6 nitrogen and oxygen atoms in total. The highest BCUT2D eigenvalue weighted by atomic mass is 19.1. The van der Waals surface area contributed by atoms with Crippen molar-refractivity contribution in [2.24, 2.45) is 10.2 Å². The third kappa shape index (κ3) is 2.56. The Morgan fingerprint density at radius 2 is 2.09 bits per heavy atom. The van der Waals surface area contributed by atoms with Gasteiger partial charge in [0.05, 0.1) is 5.69 Å². The molecule has 0 aliphatic rings. The van der Waals surface area contributed by atoms with Gasteiger partial charge in [-0.25, -0.2) is 14.2 Å². The summed E-state index contributed by atoms with van der Waals surface area (Å²) in [5.41, 5.74) is 1.46. The first-order valence-electron chi connectivity index (χ1n) is 6.44. The highest BCUT2D eigenvalue weighted by Crippen LogP contribution is 2.25. The van der Waals surface area contributed by atoms with Gasteiger partial charge < -0.3 is 5.11 Å². The number of hydrogen-bond acceptors (Lipinski definition) is 4. The minimum absolute atomic E-state index is 0.0930. The fourth-order valence-corrected chi connectivity index (χ4v) is 2.02. The topological polar surface area (TPSA) is 79.3 Å². The van der Waals surface area contributed by atoms with Crippen LogP contribution in [-0.2, 0) is 0 Å². The van der Waals surface area contributed by atoms with Crippen LogP contribution in [0.15, 0.2) is 52.8 Å². The molecular formula is C15H11FN4O2. The van der Waals surface area contributed by atoms with Gasteiger partial charge in [0, 0.05) is 12.3 Å². The van der Waals surface area contributed by atoms with Gasteiger partial charge in [0.15, 0.2) is 11.5 Å². The van der Waals surface area contributed by atoms with Crippen LogP contribution in [0, 0.1) is 12.7 Å². The lowest BCUT2D eigenvalue weighted by Crippen LogP contribution is -1.96. The predicted octanol–water partition coefficient (Wildman–Crippen LogP) is 3.90. The van der Waals surface area contributed by atoms with Gasteiger partial charge in [-0.15, -0.1) is 10.2 Å². The summed E-state index contributed by atoms with van der Waals surface area (Å²) in [4.78, 5) is 15.3. The molecule has 2 heterocycles. The molecular weight excluding hydrogens is 287 g/mol. The zero-order valence-electron chi connectivity index (χ0n) is 11.6. The second kappa shape index (κ2) is 5.36. The van der Waals surface area contributed by atoms with Crippen molar-refractivity contribution in [3.8, 4) is 0 Å². The molecule has 0 saturated heterocycles. The predicted molar refractivity (Wildman–Crippen MR) is 77.5 cm³/mol. The number of carboxylic acids is 1. The number of aromatic carboxylic acids is 1. The summed E-state index contributed by atoms with van der Waals surface area (Å²) < 4.78 is 14.7. The van der Waals surface area contributed by atoms with Crippen LogP contribution in [0.1, 0.15) is 16.1 Å². The molecule has 1 aromatic carbocycles. The minimum atomic E-state index is -1.20. The van der Waals surface area contributed by atoms with Crippen molar-refractivity contribution in [2.75, 3.05) is 0 Å². The van der Waals surface area contributed by atoms with E-state index in [4.69, 9.17) is 0 Å². The number of aromatic nitrogens is 2. The summed E-state index contributed by atoms with van der Waals surface area (Å²) in [7, 11) is 0. The van der Waals surface area contributed by atoms with Crippen LogP contribution >= 0.6 is 0 Å². The van der Waals surface area contributed by atoms with Gasteiger partial charge in [0.1, 0.15) is 11.5 Å². The molecule has 0 spiro atoms. The van der Waals surface area contributed by atoms with E-state index < -0.39 is 11.8 Å². The summed E-state index contributed by atoms with van der Waals surface area (Å²) in [6.45, 7) is 1.87. The highest BCUT2D eigenvalue weighted by Gasteiger charge is 2.18. The molecule has 0 saturated carbocycles. The lowest BCUT2D eigenvalue weighted by Gasteiger charge is -1.98. The minimum Gasteiger partial charge on any atom is -0.476 e. The number of rotatable bonds is 3. The van der Waals surface area contributed by atoms with Gasteiger partial charge in [-0.1, -0.05) is 12.1 Å². The number of carbonyl (C=O) groups is 1. The van der Waals surface area contributed by atoms with Crippen molar-refractivity contribution in [3.05, 3.63) is 59.7 Å². The van der Waals surface area contributed by atoms with E-state index in [2.05, 4.69) is 15.2 Å². The average molecular weight is 298 g/mol. The summed E-state index contributed by atoms with van der Waals surface area (Å²) in [5.74, 6) is -1.55. The van der Waals surface area contributed by atoms with E-state index in [0.29, 0.717) is 11.3 Å². The standard InChI is InChI=1S/C15H11FN4O2/c1-9-5-6-12-17-13(15(21)22)14(20(12)8-9)19-18-11-4-2-3-10(16)7-11/h2-8H,1H3,(H,21,22). The third-order valence-corrected chi connectivity index (χ3v) is 3.01. The molecule has 2 aromatic heterocycles. The SMILES string of the molecule is Cc1ccc2nc(C(=O)O)c(N=Nc3cccc(F)c3)n2c1. The monoisotopic (exact) mass is 298 g/mol. The van der Waals surface area contributed by atoms with E-state index in [0.717, 1.165) is 5.56 Å². The van der Waals surface area contributed by atoms with Crippen molar-refractivity contribution in [3.63, 3.8) is 0 Å². The van der Waals surface area contributed by atoms with E-state index in [1.54, 1.807) is 22.7 Å². The van der Waals surface area contributed by atoms with Crippen LogP contribution in [0.3, 0.4) is 0 Å². The van der Waals surface area contributed by atoms with Crippen LogP contribution in [-0.4, -0.2) is 20.5 Å². The fourth-order valence-electron chi connectivity index (χ4n) is 2.02. The van der Waals surface area contributed by atoms with Gasteiger partial charge in [0.2, 0.25) is 0 Å². The quantitative estimate of drug-likeness (QED) is 0.745. The molecule has 7 heteroatoms. The molecule has 0 atom stereocenters. The molecule has 0 radical (unpaired) electrons. The molecule has 0 bridgehead atoms. The summed E-state index contributed by atoms with van der Waals surface area (Å²) >= 11 is 0.